The normalized spacial score (nSPS) is 23.6. The molecular weight excluding hydrogens is 407 g/mol. The number of para-hydroxylation sites is 1. The van der Waals surface area contributed by atoms with E-state index in [1.807, 2.05) is 41.1 Å². The fourth-order valence-electron chi connectivity index (χ4n) is 5.07. The van der Waals surface area contributed by atoms with E-state index in [1.54, 1.807) is 0 Å². The average molecular weight is 437 g/mol. The maximum atomic E-state index is 13.3. The molecule has 0 saturated carbocycles. The molecule has 0 spiro atoms. The summed E-state index contributed by atoms with van der Waals surface area (Å²) in [6.07, 6.45) is 1.65. The molecule has 3 heterocycles. The quantitative estimate of drug-likeness (QED) is 0.659. The van der Waals surface area contributed by atoms with E-state index < -0.39 is 0 Å². The van der Waals surface area contributed by atoms with Gasteiger partial charge >= 0.3 is 0 Å². The van der Waals surface area contributed by atoms with Crippen LogP contribution in [0.15, 0.2) is 48.5 Å². The Morgan fingerprint density at radius 1 is 1.12 bits per heavy atom. The first-order valence-corrected chi connectivity index (χ1v) is 11.4. The molecule has 2 aliphatic rings. The molecule has 3 atom stereocenters. The molecule has 2 aliphatic heterocycles. The van der Waals surface area contributed by atoms with Gasteiger partial charge in [0, 0.05) is 36.1 Å². The summed E-state index contributed by atoms with van der Waals surface area (Å²) in [5.41, 5.74) is 2.56. The Labute approximate surface area is 187 Å². The number of aromatic nitrogens is 2. The smallest absolute Gasteiger partial charge is 0.272 e. The third-order valence-electron chi connectivity index (χ3n) is 6.60. The number of ether oxygens (including phenoxy) is 1. The Morgan fingerprint density at radius 2 is 1.81 bits per heavy atom. The second-order valence-electron chi connectivity index (χ2n) is 9.19. The van der Waals surface area contributed by atoms with Crippen molar-refractivity contribution in [2.75, 3.05) is 13.2 Å². The number of nitrogens with one attached hydrogen (secondary N) is 1. The van der Waals surface area contributed by atoms with Crippen LogP contribution in [0.3, 0.4) is 0 Å². The van der Waals surface area contributed by atoms with Gasteiger partial charge in [0.2, 0.25) is 0 Å². The summed E-state index contributed by atoms with van der Waals surface area (Å²) in [6, 6.07) is 15.3. The zero-order valence-corrected chi connectivity index (χ0v) is 18.5. The Kier molecular flexibility index (Phi) is 5.69. The number of rotatable bonds is 5. The Hall–Kier alpha value is -2.77. The number of piperidine rings is 1. The molecule has 3 aromatic rings. The minimum Gasteiger partial charge on any atom is -0.378 e. The van der Waals surface area contributed by atoms with Gasteiger partial charge in [0.1, 0.15) is 5.82 Å². The summed E-state index contributed by atoms with van der Waals surface area (Å²) in [7, 11) is 0. The number of halogens is 1. The van der Waals surface area contributed by atoms with Crippen LogP contribution in [0.25, 0.3) is 10.9 Å². The van der Waals surface area contributed by atoms with E-state index in [0.717, 1.165) is 35.9 Å². The lowest BCUT2D eigenvalue weighted by Gasteiger charge is -2.48. The fraction of sp³-hybridized carbons (Fsp3) is 0.440. The number of carbonyl (C=O) groups excluding carboxylic acids is 1. The Morgan fingerprint density at radius 3 is 2.50 bits per heavy atom. The summed E-state index contributed by atoms with van der Waals surface area (Å²) in [6.45, 7) is 6.20. The number of morpholine rings is 1. The molecule has 6 nitrogen and oxygen atoms in total. The predicted molar refractivity (Wildman–Crippen MR) is 121 cm³/mol. The zero-order valence-electron chi connectivity index (χ0n) is 18.5. The van der Waals surface area contributed by atoms with Crippen LogP contribution in [0.4, 0.5) is 4.39 Å². The third kappa shape index (κ3) is 4.02. The van der Waals surface area contributed by atoms with E-state index in [9.17, 15) is 9.18 Å². The van der Waals surface area contributed by atoms with Gasteiger partial charge in [0.25, 0.3) is 5.91 Å². The highest BCUT2D eigenvalue weighted by molar-refractivity contribution is 6.05. The van der Waals surface area contributed by atoms with Crippen molar-refractivity contribution in [2.45, 2.75) is 57.4 Å². The van der Waals surface area contributed by atoms with E-state index in [-0.39, 0.29) is 35.9 Å². The van der Waals surface area contributed by atoms with Crippen LogP contribution in [0.2, 0.25) is 0 Å². The number of hydrogen-bond donors (Lipinski definition) is 1. The van der Waals surface area contributed by atoms with Gasteiger partial charge in [0.15, 0.2) is 5.69 Å². The molecule has 2 saturated heterocycles. The standard InChI is InChI=1S/C25H29FN4O2/c1-16(2)30-23-6-4-3-5-22(23)24(28-30)25(31)27-19-11-20-14-32-15-21(12-19)29(20)13-17-7-9-18(26)10-8-17/h3-10,16,19-21H,11-15H2,1-2H3,(H,27,31)/t19-,20-,21+. The molecular formula is C25H29FN4O2. The molecule has 168 valence electrons. The number of benzene rings is 2. The number of hydrogen-bond acceptors (Lipinski definition) is 4. The van der Waals surface area contributed by atoms with Crippen LogP contribution in [0, 0.1) is 5.82 Å². The molecule has 7 heteroatoms. The lowest BCUT2D eigenvalue weighted by atomic mass is 9.89. The minimum atomic E-state index is -0.217. The van der Waals surface area contributed by atoms with Crippen molar-refractivity contribution >= 4 is 16.8 Å². The summed E-state index contributed by atoms with van der Waals surface area (Å²) in [5, 5.41) is 8.78. The second-order valence-corrected chi connectivity index (χ2v) is 9.19. The molecule has 1 amide bonds. The first-order chi connectivity index (χ1) is 15.5. The van der Waals surface area contributed by atoms with Crippen molar-refractivity contribution < 1.29 is 13.9 Å². The molecule has 1 aromatic heterocycles. The number of nitrogens with zero attached hydrogens (tertiary/aromatic N) is 3. The molecule has 2 aromatic carbocycles. The number of fused-ring (bicyclic) bond motifs is 3. The zero-order chi connectivity index (χ0) is 22.2. The lowest BCUT2D eigenvalue weighted by Crippen LogP contribution is -2.60. The fourth-order valence-corrected chi connectivity index (χ4v) is 5.07. The van der Waals surface area contributed by atoms with Crippen molar-refractivity contribution in [1.82, 2.24) is 20.0 Å². The van der Waals surface area contributed by atoms with E-state index in [4.69, 9.17) is 4.74 Å². The van der Waals surface area contributed by atoms with E-state index in [2.05, 4.69) is 29.2 Å². The Bertz CT molecular complexity index is 1100. The lowest BCUT2D eigenvalue weighted by molar-refractivity contribution is -0.0843. The largest absolute Gasteiger partial charge is 0.378 e. The minimum absolute atomic E-state index is 0.0776. The van der Waals surface area contributed by atoms with Gasteiger partial charge in [-0.25, -0.2) is 4.39 Å². The van der Waals surface area contributed by atoms with Gasteiger partial charge in [-0.15, -0.1) is 0 Å². The van der Waals surface area contributed by atoms with Crippen LogP contribution in [-0.2, 0) is 11.3 Å². The number of amides is 1. The van der Waals surface area contributed by atoms with Crippen LogP contribution >= 0.6 is 0 Å². The van der Waals surface area contributed by atoms with Gasteiger partial charge in [-0.3, -0.25) is 14.4 Å². The maximum absolute atomic E-state index is 13.3. The molecule has 2 fully saturated rings. The van der Waals surface area contributed by atoms with Crippen LogP contribution < -0.4 is 5.32 Å². The highest BCUT2D eigenvalue weighted by Gasteiger charge is 2.39. The predicted octanol–water partition coefficient (Wildman–Crippen LogP) is 3.92. The third-order valence-corrected chi connectivity index (χ3v) is 6.60. The van der Waals surface area contributed by atoms with Gasteiger partial charge in [-0.05, 0) is 50.5 Å². The second kappa shape index (κ2) is 8.64. The van der Waals surface area contributed by atoms with E-state index >= 15 is 0 Å². The van der Waals surface area contributed by atoms with Gasteiger partial charge in [0.05, 0.1) is 18.7 Å². The van der Waals surface area contributed by atoms with Gasteiger partial charge < -0.3 is 10.1 Å². The van der Waals surface area contributed by atoms with Crippen molar-refractivity contribution in [3.8, 4) is 0 Å². The van der Waals surface area contributed by atoms with Crippen LogP contribution in [0.5, 0.6) is 0 Å². The highest BCUT2D eigenvalue weighted by Crippen LogP contribution is 2.30. The average Bonchev–Trinajstić information content (AvgIpc) is 3.16. The molecule has 32 heavy (non-hydrogen) atoms. The van der Waals surface area contributed by atoms with Crippen molar-refractivity contribution in [3.05, 3.63) is 65.6 Å². The molecule has 1 N–H and O–H groups in total. The van der Waals surface area contributed by atoms with E-state index in [0.29, 0.717) is 18.9 Å². The molecule has 0 unspecified atom stereocenters. The first-order valence-electron chi connectivity index (χ1n) is 11.4. The van der Waals surface area contributed by atoms with Gasteiger partial charge in [-0.1, -0.05) is 30.3 Å². The summed E-state index contributed by atoms with van der Waals surface area (Å²) < 4.78 is 21.0. The van der Waals surface area contributed by atoms with Crippen molar-refractivity contribution in [2.24, 2.45) is 0 Å². The SMILES string of the molecule is CC(C)n1nc(C(=O)N[C@H]2C[C@H]3COC[C@@H](C2)N3Cc2ccc(F)cc2)c2ccccc21. The van der Waals surface area contributed by atoms with Crippen molar-refractivity contribution in [3.63, 3.8) is 0 Å². The summed E-state index contributed by atoms with van der Waals surface area (Å²) in [4.78, 5) is 15.7. The first kappa shape index (κ1) is 21.1. The molecule has 0 radical (unpaired) electrons. The maximum Gasteiger partial charge on any atom is 0.272 e. The van der Waals surface area contributed by atoms with Gasteiger partial charge in [-0.2, -0.15) is 5.10 Å². The summed E-state index contributed by atoms with van der Waals surface area (Å²) in [5.74, 6) is -0.331. The topological polar surface area (TPSA) is 59.4 Å². The Balaban J connectivity index is 1.31. The van der Waals surface area contributed by atoms with Crippen LogP contribution in [-0.4, -0.2) is 51.9 Å². The monoisotopic (exact) mass is 436 g/mol. The van der Waals surface area contributed by atoms with E-state index in [1.165, 1.54) is 12.1 Å². The number of carbonyl (C=O) groups is 1. The van der Waals surface area contributed by atoms with Crippen molar-refractivity contribution in [1.29, 1.82) is 0 Å². The highest BCUT2D eigenvalue weighted by atomic mass is 19.1. The molecule has 0 aliphatic carbocycles. The summed E-state index contributed by atoms with van der Waals surface area (Å²) >= 11 is 0. The van der Waals surface area contributed by atoms with Crippen LogP contribution in [0.1, 0.15) is 48.8 Å². The molecule has 5 rings (SSSR count). The molecule has 2 bridgehead atoms.